The SMILES string of the molecule is c1ccc2c(c1)-c1ccccc1-c1c(c3c(cc4c5ccccc5n5c6ccccc6c3c45)c3ccccc13)-c1ccccc1-2. The van der Waals surface area contributed by atoms with Crippen molar-refractivity contribution >= 4 is 59.6 Å². The third-order valence-corrected chi connectivity index (χ3v) is 10.3. The first-order valence-electron chi connectivity index (χ1n) is 15.7. The zero-order chi connectivity index (χ0) is 29.2. The minimum absolute atomic E-state index is 1.26. The van der Waals surface area contributed by atoms with Gasteiger partial charge in [-0.05, 0) is 78.9 Å². The van der Waals surface area contributed by atoms with Gasteiger partial charge in [-0.25, -0.2) is 0 Å². The Morgan fingerprint density at radius 2 is 0.733 bits per heavy atom. The van der Waals surface area contributed by atoms with Crippen LogP contribution in [0.4, 0.5) is 0 Å². The lowest BCUT2D eigenvalue weighted by atomic mass is 9.76. The molecule has 0 bridgehead atoms. The molecule has 0 aliphatic heterocycles. The van der Waals surface area contributed by atoms with Crippen LogP contribution < -0.4 is 0 Å². The van der Waals surface area contributed by atoms with Gasteiger partial charge in [-0.1, -0.05) is 133 Å². The van der Waals surface area contributed by atoms with Gasteiger partial charge in [0.05, 0.1) is 16.6 Å². The van der Waals surface area contributed by atoms with E-state index in [4.69, 9.17) is 0 Å². The van der Waals surface area contributed by atoms with Gasteiger partial charge in [0.1, 0.15) is 0 Å². The summed E-state index contributed by atoms with van der Waals surface area (Å²) in [6, 6.07) is 56.5. The van der Waals surface area contributed by atoms with Crippen LogP contribution in [0.2, 0.25) is 0 Å². The summed E-state index contributed by atoms with van der Waals surface area (Å²) >= 11 is 0. The summed E-state index contributed by atoms with van der Waals surface area (Å²) < 4.78 is 2.51. The van der Waals surface area contributed by atoms with Crippen LogP contribution >= 0.6 is 0 Å². The van der Waals surface area contributed by atoms with Crippen LogP contribution in [0.15, 0.2) is 152 Å². The topological polar surface area (TPSA) is 4.41 Å². The van der Waals surface area contributed by atoms with Crippen LogP contribution in [0, 0.1) is 0 Å². The van der Waals surface area contributed by atoms with E-state index >= 15 is 0 Å². The monoisotopic (exact) mass is 567 g/mol. The van der Waals surface area contributed by atoms with Crippen molar-refractivity contribution in [2.45, 2.75) is 0 Å². The van der Waals surface area contributed by atoms with Gasteiger partial charge in [-0.2, -0.15) is 0 Å². The molecular weight excluding hydrogens is 542 g/mol. The van der Waals surface area contributed by atoms with E-state index in [1.54, 1.807) is 0 Å². The van der Waals surface area contributed by atoms with Crippen LogP contribution in [0.1, 0.15) is 0 Å². The Balaban J connectivity index is 1.52. The molecule has 0 amide bonds. The van der Waals surface area contributed by atoms with Gasteiger partial charge in [0.25, 0.3) is 0 Å². The van der Waals surface area contributed by atoms with Gasteiger partial charge in [-0.15, -0.1) is 0 Å². The van der Waals surface area contributed by atoms with E-state index in [9.17, 15) is 0 Å². The number of fused-ring (bicyclic) bond motifs is 20. The summed E-state index contributed by atoms with van der Waals surface area (Å²) in [4.78, 5) is 0. The van der Waals surface area contributed by atoms with Crippen LogP contribution in [0.5, 0.6) is 0 Å². The van der Waals surface area contributed by atoms with E-state index in [2.05, 4.69) is 156 Å². The van der Waals surface area contributed by atoms with Crippen molar-refractivity contribution in [2.24, 2.45) is 0 Å². The van der Waals surface area contributed by atoms with Gasteiger partial charge < -0.3 is 4.40 Å². The lowest BCUT2D eigenvalue weighted by molar-refractivity contribution is 1.37. The molecule has 0 saturated heterocycles. The highest BCUT2D eigenvalue weighted by Crippen LogP contribution is 2.55. The minimum atomic E-state index is 1.26. The highest BCUT2D eigenvalue weighted by molar-refractivity contribution is 6.38. The van der Waals surface area contributed by atoms with Gasteiger partial charge in [0.2, 0.25) is 0 Å². The Labute approximate surface area is 259 Å². The fourth-order valence-corrected chi connectivity index (χ4v) is 8.56. The Morgan fingerprint density at radius 1 is 0.289 bits per heavy atom. The summed E-state index contributed by atoms with van der Waals surface area (Å²) in [7, 11) is 0. The van der Waals surface area contributed by atoms with E-state index in [1.165, 1.54) is 104 Å². The highest BCUT2D eigenvalue weighted by Gasteiger charge is 2.29. The molecule has 0 saturated carbocycles. The summed E-state index contributed by atoms with van der Waals surface area (Å²) in [5.41, 5.74) is 14.2. The van der Waals surface area contributed by atoms with Gasteiger partial charge in [0, 0.05) is 26.9 Å². The van der Waals surface area contributed by atoms with Crippen molar-refractivity contribution in [1.82, 2.24) is 4.40 Å². The molecule has 0 fully saturated rings. The van der Waals surface area contributed by atoms with Gasteiger partial charge >= 0.3 is 0 Å². The number of nitrogens with zero attached hydrogens (tertiary/aromatic N) is 1. The van der Waals surface area contributed by atoms with Crippen LogP contribution in [-0.2, 0) is 0 Å². The Bertz CT molecular complexity index is 2870. The lowest BCUT2D eigenvalue weighted by Gasteiger charge is -2.26. The Hall–Kier alpha value is -5.92. The molecule has 10 aromatic rings. The molecular formula is C44H25N. The predicted octanol–water partition coefficient (Wildman–Crippen LogP) is 12.1. The second-order valence-electron chi connectivity index (χ2n) is 12.4. The number of aromatic nitrogens is 1. The number of hydrogen-bond donors (Lipinski definition) is 0. The van der Waals surface area contributed by atoms with E-state index < -0.39 is 0 Å². The number of hydrogen-bond acceptors (Lipinski definition) is 0. The Kier molecular flexibility index (Phi) is 4.38. The first-order chi connectivity index (χ1) is 22.4. The molecule has 0 N–H and O–H groups in total. The van der Waals surface area contributed by atoms with E-state index in [-0.39, 0.29) is 0 Å². The largest absolute Gasteiger partial charge is 0.308 e. The summed E-state index contributed by atoms with van der Waals surface area (Å²) in [6.45, 7) is 0. The van der Waals surface area contributed by atoms with Crippen molar-refractivity contribution in [2.75, 3.05) is 0 Å². The van der Waals surface area contributed by atoms with E-state index in [0.717, 1.165) is 0 Å². The maximum Gasteiger partial charge on any atom is 0.0627 e. The van der Waals surface area contributed by atoms with Crippen molar-refractivity contribution in [3.63, 3.8) is 0 Å². The minimum Gasteiger partial charge on any atom is -0.308 e. The molecule has 1 nitrogen and oxygen atoms in total. The second-order valence-corrected chi connectivity index (χ2v) is 12.4. The average Bonchev–Trinajstić information content (AvgIpc) is 3.62. The number of para-hydroxylation sites is 2. The molecule has 11 rings (SSSR count). The number of benzene rings is 8. The molecule has 2 aromatic heterocycles. The standard InChI is InChI=1S/C44H25N/c1-2-14-27-26(13-1)28-15-3-6-19-32(28)40-33-20-7-5-17-30(33)36-25-37-31-18-9-11-23-38(31)45-39-24-12-10-22-35(39)43(44(37)45)42(36)41(40)34-21-8-4-16-29(27)34/h1-25H. The normalized spacial score (nSPS) is 12.4. The van der Waals surface area contributed by atoms with Crippen molar-refractivity contribution < 1.29 is 0 Å². The lowest BCUT2D eigenvalue weighted by Crippen LogP contribution is -1.99. The van der Waals surface area contributed by atoms with Crippen LogP contribution in [0.3, 0.4) is 0 Å². The summed E-state index contributed by atoms with van der Waals surface area (Å²) in [6.07, 6.45) is 0. The first-order valence-corrected chi connectivity index (χ1v) is 15.7. The van der Waals surface area contributed by atoms with E-state index in [0.29, 0.717) is 0 Å². The van der Waals surface area contributed by atoms with Crippen LogP contribution in [-0.4, -0.2) is 4.40 Å². The fourth-order valence-electron chi connectivity index (χ4n) is 8.56. The van der Waals surface area contributed by atoms with Gasteiger partial charge in [-0.3, -0.25) is 0 Å². The zero-order valence-electron chi connectivity index (χ0n) is 24.4. The molecule has 1 aliphatic rings. The molecule has 0 atom stereocenters. The molecule has 0 unspecified atom stereocenters. The summed E-state index contributed by atoms with van der Waals surface area (Å²) in [5, 5.41) is 10.5. The number of rotatable bonds is 0. The molecule has 1 aliphatic carbocycles. The molecule has 206 valence electrons. The first kappa shape index (κ1) is 23.5. The highest BCUT2D eigenvalue weighted by atomic mass is 14.9. The molecule has 0 spiro atoms. The zero-order valence-corrected chi connectivity index (χ0v) is 24.4. The average molecular weight is 568 g/mol. The van der Waals surface area contributed by atoms with E-state index in [1.807, 2.05) is 0 Å². The Morgan fingerprint density at radius 3 is 1.38 bits per heavy atom. The molecule has 2 heterocycles. The van der Waals surface area contributed by atoms with Gasteiger partial charge in [0.15, 0.2) is 0 Å². The van der Waals surface area contributed by atoms with Crippen molar-refractivity contribution in [3.8, 4) is 44.5 Å². The maximum absolute atomic E-state index is 2.51. The molecule has 8 aromatic carbocycles. The van der Waals surface area contributed by atoms with Crippen LogP contribution in [0.25, 0.3) is 104 Å². The second kappa shape index (κ2) is 8.37. The smallest absolute Gasteiger partial charge is 0.0627 e. The molecule has 1 heteroatoms. The molecule has 0 radical (unpaired) electrons. The fraction of sp³-hybridized carbons (Fsp3) is 0. The van der Waals surface area contributed by atoms with Crippen molar-refractivity contribution in [3.05, 3.63) is 152 Å². The summed E-state index contributed by atoms with van der Waals surface area (Å²) in [5.74, 6) is 0. The third-order valence-electron chi connectivity index (χ3n) is 10.3. The van der Waals surface area contributed by atoms with Crippen molar-refractivity contribution in [1.29, 1.82) is 0 Å². The quantitative estimate of drug-likeness (QED) is 0.161. The third kappa shape index (κ3) is 2.84. The maximum atomic E-state index is 2.51. The molecule has 45 heavy (non-hydrogen) atoms. The predicted molar refractivity (Wildman–Crippen MR) is 191 cm³/mol.